The summed E-state index contributed by atoms with van der Waals surface area (Å²) in [5, 5.41) is 3.00. The Bertz CT molecular complexity index is 1720. The lowest BCUT2D eigenvalue weighted by Crippen LogP contribution is -2.53. The van der Waals surface area contributed by atoms with Crippen molar-refractivity contribution < 1.29 is 27.5 Å². The van der Waals surface area contributed by atoms with Gasteiger partial charge in [0.15, 0.2) is 11.5 Å². The fourth-order valence-corrected chi connectivity index (χ4v) is 6.62. The summed E-state index contributed by atoms with van der Waals surface area (Å²) in [7, 11) is -4.22. The van der Waals surface area contributed by atoms with Crippen LogP contribution in [0.1, 0.15) is 25.0 Å². The third-order valence-corrected chi connectivity index (χ3v) is 9.36. The summed E-state index contributed by atoms with van der Waals surface area (Å²) in [4.78, 5) is 29.9. The number of sulfonamides is 1. The smallest absolute Gasteiger partial charge is 0.264 e. The number of benzene rings is 4. The van der Waals surface area contributed by atoms with Crippen LogP contribution >= 0.6 is 0 Å². The van der Waals surface area contributed by atoms with Crippen LogP contribution in [0.2, 0.25) is 0 Å². The summed E-state index contributed by atoms with van der Waals surface area (Å²) in [6.45, 7) is 4.69. The second kappa shape index (κ2) is 15.0. The molecule has 0 aromatic heterocycles. The van der Waals surface area contributed by atoms with Gasteiger partial charge in [0.1, 0.15) is 25.8 Å². The van der Waals surface area contributed by atoms with Crippen LogP contribution in [0.4, 0.5) is 5.69 Å². The average Bonchev–Trinajstić information content (AvgIpc) is 3.08. The first-order valence-electron chi connectivity index (χ1n) is 15.3. The highest BCUT2D eigenvalue weighted by atomic mass is 32.2. The predicted molar refractivity (Wildman–Crippen MR) is 177 cm³/mol. The van der Waals surface area contributed by atoms with Crippen molar-refractivity contribution in [2.24, 2.45) is 5.92 Å². The number of amides is 2. The van der Waals surface area contributed by atoms with Gasteiger partial charge in [-0.2, -0.15) is 0 Å². The van der Waals surface area contributed by atoms with E-state index in [1.807, 2.05) is 74.5 Å². The normalized spacial score (nSPS) is 13.1. The summed E-state index contributed by atoms with van der Waals surface area (Å²) in [6, 6.07) is 30.7. The number of carbonyl (C=O) groups excluding carboxylic acids is 2. The first kappa shape index (κ1) is 32.6. The van der Waals surface area contributed by atoms with Gasteiger partial charge < -0.3 is 19.7 Å². The fraction of sp³-hybridized carbons (Fsp3) is 0.278. The Balaban J connectivity index is 1.56. The van der Waals surface area contributed by atoms with Gasteiger partial charge in [0.25, 0.3) is 10.0 Å². The SMILES string of the molecule is CC(C)CNC(=O)[C@H](Cc1ccccc1)N(Cc1ccccc1)C(=O)CN(c1ccc2c(c1)OCCO2)S(=O)(=O)c1ccccc1. The van der Waals surface area contributed by atoms with Crippen LogP contribution in [0.5, 0.6) is 11.5 Å². The van der Waals surface area contributed by atoms with Crippen molar-refractivity contribution in [2.45, 2.75) is 37.8 Å². The van der Waals surface area contributed by atoms with E-state index in [9.17, 15) is 18.0 Å². The van der Waals surface area contributed by atoms with Crippen LogP contribution in [0.3, 0.4) is 0 Å². The van der Waals surface area contributed by atoms with Crippen molar-refractivity contribution in [2.75, 3.05) is 30.6 Å². The second-order valence-corrected chi connectivity index (χ2v) is 13.4. The Hall–Kier alpha value is -4.83. The first-order chi connectivity index (χ1) is 22.2. The van der Waals surface area contributed by atoms with Crippen LogP contribution < -0.4 is 19.1 Å². The molecule has 0 radical (unpaired) electrons. The third kappa shape index (κ3) is 8.06. The van der Waals surface area contributed by atoms with E-state index in [0.717, 1.165) is 15.4 Å². The van der Waals surface area contributed by atoms with E-state index in [1.165, 1.54) is 17.0 Å². The van der Waals surface area contributed by atoms with Crippen molar-refractivity contribution >= 4 is 27.5 Å². The molecular formula is C36H39N3O6S. The van der Waals surface area contributed by atoms with Gasteiger partial charge in [-0.05, 0) is 41.3 Å². The van der Waals surface area contributed by atoms with E-state index in [2.05, 4.69) is 5.32 Å². The molecule has 0 spiro atoms. The standard InChI is InChI=1S/C36H39N3O6S/c1-27(2)24-37-36(41)32(22-28-12-6-3-7-13-28)38(25-29-14-8-4-9-15-29)35(40)26-39(46(42,43)31-16-10-5-11-17-31)30-18-19-33-34(23-30)45-21-20-44-33/h3-19,23,27,32H,20-22,24-26H2,1-2H3,(H,37,41)/t32-/m0/s1. The molecule has 0 unspecified atom stereocenters. The molecule has 46 heavy (non-hydrogen) atoms. The molecular weight excluding hydrogens is 602 g/mol. The lowest BCUT2D eigenvalue weighted by Gasteiger charge is -2.34. The average molecular weight is 642 g/mol. The molecule has 9 nitrogen and oxygen atoms in total. The minimum atomic E-state index is -4.22. The van der Waals surface area contributed by atoms with Gasteiger partial charge in [0, 0.05) is 25.6 Å². The summed E-state index contributed by atoms with van der Waals surface area (Å²) in [5.41, 5.74) is 1.92. The van der Waals surface area contributed by atoms with Crippen LogP contribution in [0, 0.1) is 5.92 Å². The molecule has 1 aliphatic heterocycles. The van der Waals surface area contributed by atoms with Crippen molar-refractivity contribution in [3.05, 3.63) is 120 Å². The van der Waals surface area contributed by atoms with E-state index >= 15 is 0 Å². The maximum atomic E-state index is 14.6. The molecule has 4 aromatic rings. The molecule has 0 saturated heterocycles. The van der Waals surface area contributed by atoms with Gasteiger partial charge in [-0.25, -0.2) is 8.42 Å². The monoisotopic (exact) mass is 641 g/mol. The van der Waals surface area contributed by atoms with Gasteiger partial charge in [0.05, 0.1) is 10.6 Å². The molecule has 4 aromatic carbocycles. The maximum absolute atomic E-state index is 14.6. The molecule has 0 bridgehead atoms. The van der Waals surface area contributed by atoms with Crippen molar-refractivity contribution in [1.29, 1.82) is 0 Å². The Morgan fingerprint density at radius 1 is 0.783 bits per heavy atom. The molecule has 2 amide bonds. The Morgan fingerprint density at radius 2 is 1.37 bits per heavy atom. The summed E-state index contributed by atoms with van der Waals surface area (Å²) >= 11 is 0. The van der Waals surface area contributed by atoms with Gasteiger partial charge in [-0.3, -0.25) is 13.9 Å². The van der Waals surface area contributed by atoms with Crippen LogP contribution in [-0.4, -0.2) is 57.5 Å². The van der Waals surface area contributed by atoms with Crippen LogP contribution in [-0.2, 0) is 32.6 Å². The largest absolute Gasteiger partial charge is 0.486 e. The Labute approximate surface area is 270 Å². The number of nitrogens with zero attached hydrogens (tertiary/aromatic N) is 2. The Kier molecular flexibility index (Phi) is 10.6. The van der Waals surface area contributed by atoms with E-state index in [-0.39, 0.29) is 35.4 Å². The molecule has 1 N–H and O–H groups in total. The van der Waals surface area contributed by atoms with Gasteiger partial charge in [-0.1, -0.05) is 92.7 Å². The molecule has 1 atom stereocenters. The van der Waals surface area contributed by atoms with E-state index in [1.54, 1.807) is 36.4 Å². The molecule has 0 fully saturated rings. The Morgan fingerprint density at radius 3 is 2.00 bits per heavy atom. The molecule has 0 aliphatic carbocycles. The van der Waals surface area contributed by atoms with E-state index < -0.39 is 28.5 Å². The number of ether oxygens (including phenoxy) is 2. The molecule has 10 heteroatoms. The van der Waals surface area contributed by atoms with Crippen molar-refractivity contribution in [1.82, 2.24) is 10.2 Å². The third-order valence-electron chi connectivity index (χ3n) is 7.58. The topological polar surface area (TPSA) is 105 Å². The maximum Gasteiger partial charge on any atom is 0.264 e. The highest BCUT2D eigenvalue weighted by molar-refractivity contribution is 7.92. The number of nitrogens with one attached hydrogen (secondary N) is 1. The number of carbonyl (C=O) groups is 2. The van der Waals surface area contributed by atoms with Crippen molar-refractivity contribution in [3.8, 4) is 11.5 Å². The molecule has 0 saturated carbocycles. The molecule has 240 valence electrons. The summed E-state index contributed by atoms with van der Waals surface area (Å²) in [6.07, 6.45) is 0.249. The number of hydrogen-bond acceptors (Lipinski definition) is 6. The minimum absolute atomic E-state index is 0.0304. The van der Waals surface area contributed by atoms with E-state index in [0.29, 0.717) is 31.3 Å². The number of rotatable bonds is 13. The second-order valence-electron chi connectivity index (χ2n) is 11.5. The van der Waals surface area contributed by atoms with Gasteiger partial charge in [0.2, 0.25) is 11.8 Å². The quantitative estimate of drug-likeness (QED) is 0.219. The lowest BCUT2D eigenvalue weighted by molar-refractivity contribution is -0.140. The lowest BCUT2D eigenvalue weighted by atomic mass is 10.0. The summed E-state index contributed by atoms with van der Waals surface area (Å²) in [5.74, 6) is 0.244. The fourth-order valence-electron chi connectivity index (χ4n) is 5.19. The van der Waals surface area contributed by atoms with Crippen LogP contribution in [0.15, 0.2) is 114 Å². The predicted octanol–water partition coefficient (Wildman–Crippen LogP) is 5.07. The van der Waals surface area contributed by atoms with Gasteiger partial charge in [-0.15, -0.1) is 0 Å². The van der Waals surface area contributed by atoms with Crippen molar-refractivity contribution in [3.63, 3.8) is 0 Å². The highest BCUT2D eigenvalue weighted by Crippen LogP contribution is 2.36. The van der Waals surface area contributed by atoms with Gasteiger partial charge >= 0.3 is 0 Å². The molecule has 1 heterocycles. The zero-order chi connectivity index (χ0) is 32.5. The first-order valence-corrected chi connectivity index (χ1v) is 16.8. The zero-order valence-corrected chi connectivity index (χ0v) is 26.9. The van der Waals surface area contributed by atoms with Crippen LogP contribution in [0.25, 0.3) is 0 Å². The zero-order valence-electron chi connectivity index (χ0n) is 26.0. The highest BCUT2D eigenvalue weighted by Gasteiger charge is 2.35. The molecule has 5 rings (SSSR count). The number of fused-ring (bicyclic) bond motifs is 1. The van der Waals surface area contributed by atoms with E-state index in [4.69, 9.17) is 9.47 Å². The number of anilines is 1. The minimum Gasteiger partial charge on any atom is -0.486 e. The number of hydrogen-bond donors (Lipinski definition) is 1. The summed E-state index contributed by atoms with van der Waals surface area (Å²) < 4.78 is 40.9. The molecule has 1 aliphatic rings.